The van der Waals surface area contributed by atoms with Crippen molar-refractivity contribution in [3.05, 3.63) is 82.2 Å². The number of aromatic nitrogens is 2. The van der Waals surface area contributed by atoms with E-state index < -0.39 is 11.9 Å². The van der Waals surface area contributed by atoms with Crippen LogP contribution in [0.4, 0.5) is 10.1 Å². The number of nitrogens with zero attached hydrogens (tertiary/aromatic N) is 2. The third kappa shape index (κ3) is 3.04. The monoisotopic (exact) mass is 363 g/mol. The maximum atomic E-state index is 13.7. The molecule has 1 unspecified atom stereocenters. The highest BCUT2D eigenvalue weighted by Crippen LogP contribution is 2.23. The minimum Gasteiger partial charge on any atom is -0.389 e. The van der Waals surface area contributed by atoms with Crippen molar-refractivity contribution in [1.29, 1.82) is 0 Å². The van der Waals surface area contributed by atoms with E-state index in [-0.39, 0.29) is 5.56 Å². The zero-order chi connectivity index (χ0) is 19.1. The van der Waals surface area contributed by atoms with Crippen molar-refractivity contribution in [2.24, 2.45) is 0 Å². The third-order valence-electron chi connectivity index (χ3n) is 4.68. The van der Waals surface area contributed by atoms with Crippen molar-refractivity contribution >= 4 is 27.4 Å². The number of rotatable bonds is 3. The Kier molecular flexibility index (Phi) is 4.12. The molecule has 27 heavy (non-hydrogen) atoms. The van der Waals surface area contributed by atoms with Gasteiger partial charge in [-0.2, -0.15) is 0 Å². The van der Waals surface area contributed by atoms with Crippen molar-refractivity contribution in [2.75, 3.05) is 5.43 Å². The van der Waals surface area contributed by atoms with Crippen LogP contribution in [0.3, 0.4) is 0 Å². The lowest BCUT2D eigenvalue weighted by molar-refractivity contribution is 0.199. The van der Waals surface area contributed by atoms with Crippen molar-refractivity contribution in [3.63, 3.8) is 0 Å². The van der Waals surface area contributed by atoms with Gasteiger partial charge in [-0.1, -0.05) is 12.1 Å². The Morgan fingerprint density at radius 3 is 2.78 bits per heavy atom. The molecule has 0 amide bonds. The summed E-state index contributed by atoms with van der Waals surface area (Å²) in [6, 6.07) is 11.5. The van der Waals surface area contributed by atoms with Crippen LogP contribution in [-0.4, -0.2) is 14.8 Å². The Hall–Kier alpha value is -3.25. The van der Waals surface area contributed by atoms with Crippen molar-refractivity contribution in [1.82, 2.24) is 9.66 Å². The minimum absolute atomic E-state index is 0.299. The molecule has 2 N–H and O–H groups in total. The second kappa shape index (κ2) is 6.48. The SMILES string of the molecule is Cc1ccc(C(C)O)cc1Nn1ccc2cnc3ccc(F)cc3c2c1=O. The Morgan fingerprint density at radius 2 is 2.00 bits per heavy atom. The van der Waals surface area contributed by atoms with Gasteiger partial charge in [0.2, 0.25) is 0 Å². The highest BCUT2D eigenvalue weighted by molar-refractivity contribution is 6.04. The van der Waals surface area contributed by atoms with Gasteiger partial charge in [0.25, 0.3) is 5.56 Å². The third-order valence-corrected chi connectivity index (χ3v) is 4.68. The summed E-state index contributed by atoms with van der Waals surface area (Å²) in [5.74, 6) is -0.417. The maximum absolute atomic E-state index is 13.7. The fourth-order valence-corrected chi connectivity index (χ4v) is 3.13. The van der Waals surface area contributed by atoms with E-state index in [1.807, 2.05) is 19.1 Å². The van der Waals surface area contributed by atoms with Gasteiger partial charge in [-0.05, 0) is 55.3 Å². The largest absolute Gasteiger partial charge is 0.389 e. The molecule has 0 aliphatic heterocycles. The van der Waals surface area contributed by atoms with Crippen LogP contribution < -0.4 is 11.0 Å². The van der Waals surface area contributed by atoms with Crippen LogP contribution in [0.2, 0.25) is 0 Å². The second-order valence-electron chi connectivity index (χ2n) is 6.60. The predicted molar refractivity (Wildman–Crippen MR) is 104 cm³/mol. The Labute approximate surface area is 154 Å². The number of aliphatic hydroxyl groups is 1. The summed E-state index contributed by atoms with van der Waals surface area (Å²) >= 11 is 0. The molecule has 0 aliphatic carbocycles. The van der Waals surface area contributed by atoms with Crippen LogP contribution in [-0.2, 0) is 0 Å². The number of benzene rings is 2. The fraction of sp³-hybridized carbons (Fsp3) is 0.143. The van der Waals surface area contributed by atoms with E-state index in [1.165, 1.54) is 16.8 Å². The minimum atomic E-state index is -0.613. The number of nitrogens with one attached hydrogen (secondary N) is 1. The summed E-state index contributed by atoms with van der Waals surface area (Å²) in [6.07, 6.45) is 2.62. The molecule has 0 bridgehead atoms. The summed E-state index contributed by atoms with van der Waals surface area (Å²) < 4.78 is 15.1. The lowest BCUT2D eigenvalue weighted by Gasteiger charge is -2.15. The Morgan fingerprint density at radius 1 is 1.19 bits per heavy atom. The standard InChI is InChI=1S/C21H18FN3O2/c1-12-3-4-14(13(2)26)9-19(12)24-25-8-7-15-11-23-18-6-5-16(22)10-17(18)20(15)21(25)27/h3-11,13,24,26H,1-2H3. The summed E-state index contributed by atoms with van der Waals surface area (Å²) in [5, 5.41) is 11.3. The van der Waals surface area contributed by atoms with Crippen molar-refractivity contribution in [3.8, 4) is 0 Å². The summed E-state index contributed by atoms with van der Waals surface area (Å²) in [4.78, 5) is 17.4. The van der Waals surface area contributed by atoms with Gasteiger partial charge in [-0.25, -0.2) is 9.07 Å². The summed E-state index contributed by atoms with van der Waals surface area (Å²) in [7, 11) is 0. The van der Waals surface area contributed by atoms with E-state index >= 15 is 0 Å². The van der Waals surface area contributed by atoms with Crippen molar-refractivity contribution in [2.45, 2.75) is 20.0 Å². The first kappa shape index (κ1) is 17.2. The van der Waals surface area contributed by atoms with Gasteiger partial charge in [0.1, 0.15) is 5.82 Å². The van der Waals surface area contributed by atoms with Gasteiger partial charge < -0.3 is 5.11 Å². The number of hydrogen-bond donors (Lipinski definition) is 2. The molecule has 2 heterocycles. The number of aliphatic hydroxyl groups excluding tert-OH is 1. The zero-order valence-electron chi connectivity index (χ0n) is 14.9. The molecule has 2 aromatic heterocycles. The highest BCUT2D eigenvalue weighted by Gasteiger charge is 2.11. The van der Waals surface area contributed by atoms with E-state index in [0.717, 1.165) is 11.1 Å². The number of hydrogen-bond acceptors (Lipinski definition) is 4. The molecule has 0 fully saturated rings. The van der Waals surface area contributed by atoms with E-state index in [2.05, 4.69) is 10.4 Å². The number of halogens is 1. The average Bonchev–Trinajstić information content (AvgIpc) is 2.64. The van der Waals surface area contributed by atoms with Crippen LogP contribution in [0, 0.1) is 12.7 Å². The number of aryl methyl sites for hydroxylation is 1. The molecule has 6 heteroatoms. The number of fused-ring (bicyclic) bond motifs is 3. The van der Waals surface area contributed by atoms with E-state index in [9.17, 15) is 14.3 Å². The molecule has 1 atom stereocenters. The van der Waals surface area contributed by atoms with E-state index in [4.69, 9.17) is 0 Å². The Balaban J connectivity index is 1.90. The average molecular weight is 363 g/mol. The van der Waals surface area contributed by atoms with E-state index in [0.29, 0.717) is 27.4 Å². The van der Waals surface area contributed by atoms with Gasteiger partial charge in [0.15, 0.2) is 0 Å². The molecular formula is C21H18FN3O2. The molecule has 136 valence electrons. The van der Waals surface area contributed by atoms with Crippen LogP contribution in [0.1, 0.15) is 24.2 Å². The molecule has 0 spiro atoms. The lowest BCUT2D eigenvalue weighted by Crippen LogP contribution is -2.26. The first-order chi connectivity index (χ1) is 12.9. The second-order valence-corrected chi connectivity index (χ2v) is 6.60. The smallest absolute Gasteiger partial charge is 0.277 e. The molecule has 4 rings (SSSR count). The zero-order valence-corrected chi connectivity index (χ0v) is 14.9. The topological polar surface area (TPSA) is 67.2 Å². The van der Waals surface area contributed by atoms with Crippen LogP contribution in [0.5, 0.6) is 0 Å². The molecule has 0 saturated heterocycles. The first-order valence-electron chi connectivity index (χ1n) is 8.59. The van der Waals surface area contributed by atoms with Gasteiger partial charge in [-0.15, -0.1) is 0 Å². The fourth-order valence-electron chi connectivity index (χ4n) is 3.13. The molecule has 2 aromatic carbocycles. The predicted octanol–water partition coefficient (Wildman–Crippen LogP) is 3.93. The van der Waals surface area contributed by atoms with Crippen LogP contribution >= 0.6 is 0 Å². The highest BCUT2D eigenvalue weighted by atomic mass is 19.1. The molecule has 0 aliphatic rings. The molecule has 0 saturated carbocycles. The van der Waals surface area contributed by atoms with Gasteiger partial charge >= 0.3 is 0 Å². The van der Waals surface area contributed by atoms with E-state index in [1.54, 1.807) is 37.5 Å². The Bertz CT molecular complexity index is 1230. The number of anilines is 1. The molecular weight excluding hydrogens is 345 g/mol. The van der Waals surface area contributed by atoms with Crippen LogP contribution in [0.25, 0.3) is 21.7 Å². The molecule has 4 aromatic rings. The quantitative estimate of drug-likeness (QED) is 0.541. The molecule has 0 radical (unpaired) electrons. The molecule has 5 nitrogen and oxygen atoms in total. The summed E-state index contributed by atoms with van der Waals surface area (Å²) in [6.45, 7) is 3.60. The number of pyridine rings is 2. The van der Waals surface area contributed by atoms with Gasteiger partial charge in [-0.3, -0.25) is 15.2 Å². The van der Waals surface area contributed by atoms with Crippen LogP contribution in [0.15, 0.2) is 59.7 Å². The first-order valence-corrected chi connectivity index (χ1v) is 8.59. The van der Waals surface area contributed by atoms with Gasteiger partial charge in [0, 0.05) is 23.2 Å². The van der Waals surface area contributed by atoms with Crippen molar-refractivity contribution < 1.29 is 9.50 Å². The normalized spacial score (nSPS) is 12.4. The lowest BCUT2D eigenvalue weighted by atomic mass is 10.1. The maximum Gasteiger partial charge on any atom is 0.277 e. The summed E-state index contributed by atoms with van der Waals surface area (Å²) in [5.41, 5.74) is 5.73. The van der Waals surface area contributed by atoms with Gasteiger partial charge in [0.05, 0.1) is 22.7 Å².